The molecule has 1 aliphatic rings. The molecule has 1 aliphatic heterocycles. The minimum atomic E-state index is -3.76. The van der Waals surface area contributed by atoms with Crippen LogP contribution in [0.3, 0.4) is 0 Å². The van der Waals surface area contributed by atoms with E-state index < -0.39 is 10.0 Å². The van der Waals surface area contributed by atoms with Crippen LogP contribution in [-0.4, -0.2) is 25.1 Å². The Labute approximate surface area is 171 Å². The second kappa shape index (κ2) is 7.55. The van der Waals surface area contributed by atoms with Gasteiger partial charge >= 0.3 is 0 Å². The van der Waals surface area contributed by atoms with Crippen molar-refractivity contribution in [3.8, 4) is 17.0 Å². The normalized spacial score (nSPS) is 13.8. The summed E-state index contributed by atoms with van der Waals surface area (Å²) in [6.07, 6.45) is 5.26. The van der Waals surface area contributed by atoms with E-state index in [-0.39, 0.29) is 4.90 Å². The molecule has 0 amide bonds. The summed E-state index contributed by atoms with van der Waals surface area (Å²) in [5, 5.41) is 0. The van der Waals surface area contributed by atoms with Crippen molar-refractivity contribution in [3.63, 3.8) is 0 Å². The molecular formula is C22H25N3O3S. The molecule has 2 aromatic carbocycles. The molecule has 0 aliphatic carbocycles. The van der Waals surface area contributed by atoms with E-state index in [2.05, 4.69) is 9.29 Å². The van der Waals surface area contributed by atoms with Crippen LogP contribution in [0.4, 0.5) is 5.69 Å². The van der Waals surface area contributed by atoms with Crippen LogP contribution in [0.1, 0.15) is 29.8 Å². The number of hydrogen-bond donors (Lipinski definition) is 1. The highest BCUT2D eigenvalue weighted by molar-refractivity contribution is 7.92. The third kappa shape index (κ3) is 3.74. The highest BCUT2D eigenvalue weighted by atomic mass is 32.2. The van der Waals surface area contributed by atoms with E-state index >= 15 is 0 Å². The van der Waals surface area contributed by atoms with E-state index in [0.717, 1.165) is 48.5 Å². The van der Waals surface area contributed by atoms with Gasteiger partial charge in [-0.05, 0) is 56.0 Å². The Bertz CT molecular complexity index is 1140. The summed E-state index contributed by atoms with van der Waals surface area (Å²) >= 11 is 0. The molecular weight excluding hydrogens is 386 g/mol. The zero-order chi connectivity index (χ0) is 20.6. The Morgan fingerprint density at radius 2 is 1.90 bits per heavy atom. The van der Waals surface area contributed by atoms with Gasteiger partial charge in [-0.2, -0.15) is 0 Å². The first-order valence-electron chi connectivity index (χ1n) is 9.72. The van der Waals surface area contributed by atoms with E-state index in [0.29, 0.717) is 17.0 Å². The van der Waals surface area contributed by atoms with Crippen LogP contribution in [0, 0.1) is 13.8 Å². The lowest BCUT2D eigenvalue weighted by Crippen LogP contribution is -2.15. The molecule has 4 rings (SSSR count). The monoisotopic (exact) mass is 411 g/mol. The molecule has 1 aromatic heterocycles. The number of anilines is 1. The number of benzene rings is 2. The third-order valence-corrected chi connectivity index (χ3v) is 6.85. The van der Waals surface area contributed by atoms with E-state index in [1.807, 2.05) is 31.3 Å². The molecule has 0 saturated carbocycles. The highest BCUT2D eigenvalue weighted by Crippen LogP contribution is 2.32. The van der Waals surface area contributed by atoms with E-state index in [4.69, 9.17) is 9.72 Å². The number of methoxy groups -OCH3 is 1. The summed E-state index contributed by atoms with van der Waals surface area (Å²) in [4.78, 5) is 5.00. The molecule has 2 heterocycles. The van der Waals surface area contributed by atoms with E-state index in [9.17, 15) is 8.42 Å². The van der Waals surface area contributed by atoms with Crippen molar-refractivity contribution in [2.24, 2.45) is 0 Å². The molecule has 29 heavy (non-hydrogen) atoms. The van der Waals surface area contributed by atoms with Gasteiger partial charge in [0.2, 0.25) is 0 Å². The summed E-state index contributed by atoms with van der Waals surface area (Å²) in [6, 6.07) is 10.8. The molecule has 1 N–H and O–H groups in total. The van der Waals surface area contributed by atoms with Crippen LogP contribution >= 0.6 is 0 Å². The minimum Gasteiger partial charge on any atom is -0.496 e. The van der Waals surface area contributed by atoms with Crippen LogP contribution in [0.15, 0.2) is 47.5 Å². The SMILES string of the molecule is COc1cc(C)c(S(=O)(=O)Nc2ccccc2-c2cn3c(n2)CCCC3)cc1C. The Balaban J connectivity index is 1.72. The molecule has 0 spiro atoms. The number of aryl methyl sites for hydroxylation is 4. The summed E-state index contributed by atoms with van der Waals surface area (Å²) in [7, 11) is -2.19. The summed E-state index contributed by atoms with van der Waals surface area (Å²) in [5.41, 5.74) is 3.50. The maximum atomic E-state index is 13.2. The Kier molecular flexibility index (Phi) is 5.08. The number of aromatic nitrogens is 2. The second-order valence-corrected chi connectivity index (χ2v) is 9.08. The van der Waals surface area contributed by atoms with Gasteiger partial charge in [-0.1, -0.05) is 18.2 Å². The van der Waals surface area contributed by atoms with Gasteiger partial charge in [-0.15, -0.1) is 0 Å². The number of ether oxygens (including phenoxy) is 1. The first kappa shape index (κ1) is 19.5. The molecule has 7 heteroatoms. The second-order valence-electron chi connectivity index (χ2n) is 7.43. The Hall–Kier alpha value is -2.80. The largest absolute Gasteiger partial charge is 0.496 e. The van der Waals surface area contributed by atoms with Gasteiger partial charge in [0.15, 0.2) is 0 Å². The maximum absolute atomic E-state index is 13.2. The number of rotatable bonds is 5. The number of fused-ring (bicyclic) bond motifs is 1. The average molecular weight is 412 g/mol. The van der Waals surface area contributed by atoms with Crippen molar-refractivity contribution in [1.29, 1.82) is 0 Å². The van der Waals surface area contributed by atoms with Crippen LogP contribution < -0.4 is 9.46 Å². The first-order valence-corrected chi connectivity index (χ1v) is 11.2. The maximum Gasteiger partial charge on any atom is 0.262 e. The molecule has 0 saturated heterocycles. The van der Waals surface area contributed by atoms with Gasteiger partial charge in [-0.25, -0.2) is 13.4 Å². The van der Waals surface area contributed by atoms with Crippen molar-refractivity contribution < 1.29 is 13.2 Å². The molecule has 3 aromatic rings. The van der Waals surface area contributed by atoms with Crippen LogP contribution in [0.25, 0.3) is 11.3 Å². The molecule has 0 atom stereocenters. The molecule has 0 radical (unpaired) electrons. The lowest BCUT2D eigenvalue weighted by atomic mass is 10.1. The fraction of sp³-hybridized carbons (Fsp3) is 0.318. The zero-order valence-electron chi connectivity index (χ0n) is 16.9. The lowest BCUT2D eigenvalue weighted by Gasteiger charge is -2.15. The topological polar surface area (TPSA) is 73.2 Å². The number of imidazole rings is 1. The van der Waals surface area contributed by atoms with Gasteiger partial charge < -0.3 is 9.30 Å². The molecule has 6 nitrogen and oxygen atoms in total. The number of sulfonamides is 1. The van der Waals surface area contributed by atoms with Gasteiger partial charge in [0.25, 0.3) is 10.0 Å². The molecule has 0 unspecified atom stereocenters. The number of para-hydroxylation sites is 1. The van der Waals surface area contributed by atoms with Crippen molar-refractivity contribution in [2.45, 2.75) is 44.6 Å². The summed E-state index contributed by atoms with van der Waals surface area (Å²) in [5.74, 6) is 1.73. The van der Waals surface area contributed by atoms with Crippen molar-refractivity contribution >= 4 is 15.7 Å². The standard InChI is InChI=1S/C22H25N3O3S/c1-15-13-21(16(2)12-20(15)28-3)29(26,27)24-18-9-5-4-8-17(18)19-14-25-11-7-6-10-22(25)23-19/h4-5,8-9,12-14,24H,6-7,10-11H2,1-3H3. The van der Waals surface area contributed by atoms with Gasteiger partial charge in [0.05, 0.1) is 23.4 Å². The van der Waals surface area contributed by atoms with Gasteiger partial charge in [-0.3, -0.25) is 4.72 Å². The van der Waals surface area contributed by atoms with Crippen LogP contribution in [-0.2, 0) is 23.0 Å². The number of hydrogen-bond acceptors (Lipinski definition) is 4. The van der Waals surface area contributed by atoms with E-state index in [1.54, 1.807) is 32.2 Å². The molecule has 0 fully saturated rings. The highest BCUT2D eigenvalue weighted by Gasteiger charge is 2.22. The fourth-order valence-electron chi connectivity index (χ4n) is 3.81. The van der Waals surface area contributed by atoms with Crippen LogP contribution in [0.5, 0.6) is 5.75 Å². The lowest BCUT2D eigenvalue weighted by molar-refractivity contribution is 0.411. The smallest absolute Gasteiger partial charge is 0.262 e. The quantitative estimate of drug-likeness (QED) is 0.679. The first-order chi connectivity index (χ1) is 13.9. The predicted molar refractivity (Wildman–Crippen MR) is 114 cm³/mol. The van der Waals surface area contributed by atoms with Gasteiger partial charge in [0, 0.05) is 24.7 Å². The van der Waals surface area contributed by atoms with Gasteiger partial charge in [0.1, 0.15) is 11.6 Å². The van der Waals surface area contributed by atoms with Crippen molar-refractivity contribution in [2.75, 3.05) is 11.8 Å². The Morgan fingerprint density at radius 1 is 1.10 bits per heavy atom. The fourth-order valence-corrected chi connectivity index (χ4v) is 5.20. The van der Waals surface area contributed by atoms with E-state index in [1.165, 1.54) is 0 Å². The summed E-state index contributed by atoms with van der Waals surface area (Å²) in [6.45, 7) is 4.56. The van der Waals surface area contributed by atoms with Crippen molar-refractivity contribution in [3.05, 3.63) is 59.5 Å². The Morgan fingerprint density at radius 3 is 2.66 bits per heavy atom. The van der Waals surface area contributed by atoms with Crippen LogP contribution in [0.2, 0.25) is 0 Å². The predicted octanol–water partition coefficient (Wildman–Crippen LogP) is 4.31. The zero-order valence-corrected chi connectivity index (χ0v) is 17.7. The summed E-state index contributed by atoms with van der Waals surface area (Å²) < 4.78 is 36.6. The van der Waals surface area contributed by atoms with Crippen molar-refractivity contribution in [1.82, 2.24) is 9.55 Å². The molecule has 0 bridgehead atoms. The number of nitrogens with zero attached hydrogens (tertiary/aromatic N) is 2. The number of nitrogens with one attached hydrogen (secondary N) is 1. The third-order valence-electron chi connectivity index (χ3n) is 5.34. The molecule has 152 valence electrons. The average Bonchev–Trinajstić information content (AvgIpc) is 3.13. The minimum absolute atomic E-state index is 0.245.